The van der Waals surface area contributed by atoms with E-state index < -0.39 is 0 Å². The average Bonchev–Trinajstić information content (AvgIpc) is 3.07. The molecule has 0 fully saturated rings. The zero-order valence-corrected chi connectivity index (χ0v) is 10.6. The summed E-state index contributed by atoms with van der Waals surface area (Å²) >= 11 is 1.57. The minimum absolute atomic E-state index is 0.305. The number of aromatic nitrogens is 1. The molecule has 94 valence electrons. The maximum atomic E-state index is 5.79. The third-order valence-electron chi connectivity index (χ3n) is 2.44. The molecule has 7 heteroatoms. The number of pyridine rings is 1. The molecular formula is C12H10N6S. The van der Waals surface area contributed by atoms with Gasteiger partial charge in [-0.3, -0.25) is 10.4 Å². The molecule has 6 nitrogen and oxygen atoms in total. The maximum Gasteiger partial charge on any atom is 0.176 e. The number of hydrazone groups is 1. The highest BCUT2D eigenvalue weighted by molar-refractivity contribution is 7.13. The largest absolute Gasteiger partial charge is 0.380 e. The first-order chi connectivity index (χ1) is 9.34. The number of nitrogens with one attached hydrogen (secondary N) is 1. The maximum absolute atomic E-state index is 5.79. The van der Waals surface area contributed by atoms with Crippen molar-refractivity contribution in [1.29, 1.82) is 0 Å². The van der Waals surface area contributed by atoms with Crippen LogP contribution in [0.1, 0.15) is 4.88 Å². The predicted molar refractivity (Wildman–Crippen MR) is 77.8 cm³/mol. The standard InChI is InChI=1S/C12H10N6S/c13-12-11(17-15-8-3-1-5-14-7-8)10(16-18-12)9-4-2-6-19-9/h1-7,15H,(H2,13,17,18). The van der Waals surface area contributed by atoms with Crippen LogP contribution < -0.4 is 11.2 Å². The van der Waals surface area contributed by atoms with Crippen molar-refractivity contribution in [2.24, 2.45) is 21.0 Å². The molecule has 0 amide bonds. The molecule has 0 saturated carbocycles. The summed E-state index contributed by atoms with van der Waals surface area (Å²) in [6.07, 6.45) is 3.37. The number of nitrogens with two attached hydrogens (primary N) is 1. The van der Waals surface area contributed by atoms with Gasteiger partial charge in [-0.05, 0) is 23.6 Å². The molecule has 3 N–H and O–H groups in total. The molecule has 0 saturated heterocycles. The van der Waals surface area contributed by atoms with Gasteiger partial charge in [-0.1, -0.05) is 6.07 Å². The van der Waals surface area contributed by atoms with E-state index in [0.29, 0.717) is 17.3 Å². The second-order valence-electron chi connectivity index (χ2n) is 3.73. The quantitative estimate of drug-likeness (QED) is 0.832. The number of rotatable bonds is 3. The smallest absolute Gasteiger partial charge is 0.176 e. The lowest BCUT2D eigenvalue weighted by molar-refractivity contribution is 1.26. The van der Waals surface area contributed by atoms with Gasteiger partial charge < -0.3 is 5.73 Å². The summed E-state index contributed by atoms with van der Waals surface area (Å²) < 4.78 is 0. The van der Waals surface area contributed by atoms with Crippen molar-refractivity contribution in [3.8, 4) is 0 Å². The molecule has 0 atom stereocenters. The van der Waals surface area contributed by atoms with E-state index in [4.69, 9.17) is 5.73 Å². The van der Waals surface area contributed by atoms with Crippen molar-refractivity contribution in [1.82, 2.24) is 4.98 Å². The SMILES string of the molecule is NC1=NN=C(c2cccs2)/C1=N\Nc1cccnc1. The van der Waals surface area contributed by atoms with Crippen LogP contribution in [0.15, 0.2) is 57.3 Å². The highest BCUT2D eigenvalue weighted by Crippen LogP contribution is 2.15. The fraction of sp³-hybridized carbons (Fsp3) is 0. The lowest BCUT2D eigenvalue weighted by Gasteiger charge is -2.02. The Balaban J connectivity index is 1.86. The summed E-state index contributed by atoms with van der Waals surface area (Å²) in [7, 11) is 0. The fourth-order valence-corrected chi connectivity index (χ4v) is 2.27. The van der Waals surface area contributed by atoms with E-state index in [1.165, 1.54) is 0 Å². The number of thiophene rings is 1. The lowest BCUT2D eigenvalue weighted by atomic mass is 10.2. The molecule has 2 aromatic rings. The van der Waals surface area contributed by atoms with E-state index in [9.17, 15) is 0 Å². The molecule has 1 aliphatic rings. The molecular weight excluding hydrogens is 260 g/mol. The Morgan fingerprint density at radius 1 is 1.21 bits per heavy atom. The van der Waals surface area contributed by atoms with Gasteiger partial charge in [-0.25, -0.2) is 0 Å². The van der Waals surface area contributed by atoms with Crippen LogP contribution in [0.2, 0.25) is 0 Å². The van der Waals surface area contributed by atoms with Gasteiger partial charge in [0.15, 0.2) is 11.5 Å². The summed E-state index contributed by atoms with van der Waals surface area (Å²) in [6.45, 7) is 0. The fourth-order valence-electron chi connectivity index (χ4n) is 1.56. The van der Waals surface area contributed by atoms with E-state index in [2.05, 4.69) is 25.7 Å². The number of nitrogens with zero attached hydrogens (tertiary/aromatic N) is 4. The van der Waals surface area contributed by atoms with E-state index in [0.717, 1.165) is 10.6 Å². The molecule has 0 unspecified atom stereocenters. The molecule has 2 aromatic heterocycles. The minimum Gasteiger partial charge on any atom is -0.380 e. The first-order valence-electron chi connectivity index (χ1n) is 5.54. The van der Waals surface area contributed by atoms with Crippen LogP contribution >= 0.6 is 11.3 Å². The number of amidine groups is 1. The van der Waals surface area contributed by atoms with Crippen LogP contribution in [0, 0.1) is 0 Å². The van der Waals surface area contributed by atoms with Gasteiger partial charge in [-0.2, -0.15) is 5.10 Å². The van der Waals surface area contributed by atoms with Crippen LogP contribution in [-0.2, 0) is 0 Å². The molecule has 0 spiro atoms. The molecule has 3 heterocycles. The van der Waals surface area contributed by atoms with Crippen molar-refractivity contribution < 1.29 is 0 Å². The Labute approximate surface area is 113 Å². The van der Waals surface area contributed by atoms with E-state index in [1.807, 2.05) is 29.6 Å². The average molecular weight is 270 g/mol. The van der Waals surface area contributed by atoms with Crippen molar-refractivity contribution in [2.75, 3.05) is 5.43 Å². The Bertz CT molecular complexity index is 657. The first kappa shape index (κ1) is 11.5. The summed E-state index contributed by atoms with van der Waals surface area (Å²) in [4.78, 5) is 4.98. The second-order valence-corrected chi connectivity index (χ2v) is 4.67. The highest BCUT2D eigenvalue weighted by atomic mass is 32.1. The Hall–Kier alpha value is -2.54. The molecule has 1 aliphatic heterocycles. The van der Waals surface area contributed by atoms with Gasteiger partial charge in [0.2, 0.25) is 0 Å². The molecule has 19 heavy (non-hydrogen) atoms. The normalized spacial score (nSPS) is 16.3. The first-order valence-corrected chi connectivity index (χ1v) is 6.42. The summed E-state index contributed by atoms with van der Waals surface area (Å²) in [5.41, 5.74) is 10.7. The third kappa shape index (κ3) is 2.36. The summed E-state index contributed by atoms with van der Waals surface area (Å²) in [5.74, 6) is 0.305. The topological polar surface area (TPSA) is 88.0 Å². The molecule has 0 aliphatic carbocycles. The van der Waals surface area contributed by atoms with E-state index in [-0.39, 0.29) is 0 Å². The van der Waals surface area contributed by atoms with Gasteiger partial charge in [-0.15, -0.1) is 21.5 Å². The van der Waals surface area contributed by atoms with Gasteiger partial charge in [0.1, 0.15) is 5.71 Å². The van der Waals surface area contributed by atoms with Crippen LogP contribution in [0.4, 0.5) is 5.69 Å². The van der Waals surface area contributed by atoms with Crippen LogP contribution in [0.3, 0.4) is 0 Å². The summed E-state index contributed by atoms with van der Waals surface area (Å²) in [6, 6.07) is 7.59. The second kappa shape index (κ2) is 4.99. The molecule has 0 aromatic carbocycles. The Morgan fingerprint density at radius 2 is 2.16 bits per heavy atom. The van der Waals surface area contributed by atoms with Crippen molar-refractivity contribution >= 4 is 34.3 Å². The van der Waals surface area contributed by atoms with Crippen molar-refractivity contribution in [3.63, 3.8) is 0 Å². The molecule has 0 bridgehead atoms. The highest BCUT2D eigenvalue weighted by Gasteiger charge is 2.22. The number of hydrogen-bond acceptors (Lipinski definition) is 7. The van der Waals surface area contributed by atoms with Crippen LogP contribution in [-0.4, -0.2) is 22.2 Å². The van der Waals surface area contributed by atoms with Gasteiger partial charge >= 0.3 is 0 Å². The van der Waals surface area contributed by atoms with Crippen molar-refractivity contribution in [2.45, 2.75) is 0 Å². The van der Waals surface area contributed by atoms with E-state index >= 15 is 0 Å². The predicted octanol–water partition coefficient (Wildman–Crippen LogP) is 1.69. The minimum atomic E-state index is 0.305. The molecule has 3 rings (SSSR count). The molecule has 0 radical (unpaired) electrons. The Morgan fingerprint density at radius 3 is 2.89 bits per heavy atom. The van der Waals surface area contributed by atoms with Crippen LogP contribution in [0.25, 0.3) is 0 Å². The monoisotopic (exact) mass is 270 g/mol. The third-order valence-corrected chi connectivity index (χ3v) is 3.31. The zero-order chi connectivity index (χ0) is 13.1. The number of anilines is 1. The van der Waals surface area contributed by atoms with Gasteiger partial charge in [0.25, 0.3) is 0 Å². The van der Waals surface area contributed by atoms with Crippen molar-refractivity contribution in [3.05, 3.63) is 46.9 Å². The Kier molecular flexibility index (Phi) is 3.03. The summed E-state index contributed by atoms with van der Waals surface area (Å²) in [5, 5.41) is 14.2. The number of hydrogen-bond donors (Lipinski definition) is 2. The lowest BCUT2D eigenvalue weighted by Crippen LogP contribution is -2.28. The van der Waals surface area contributed by atoms with Crippen LogP contribution in [0.5, 0.6) is 0 Å². The van der Waals surface area contributed by atoms with Gasteiger partial charge in [0, 0.05) is 6.20 Å². The van der Waals surface area contributed by atoms with E-state index in [1.54, 1.807) is 23.7 Å². The van der Waals surface area contributed by atoms with Gasteiger partial charge in [0.05, 0.1) is 16.8 Å². The zero-order valence-electron chi connectivity index (χ0n) is 9.82.